The quantitative estimate of drug-likeness (QED) is 0.899. The summed E-state index contributed by atoms with van der Waals surface area (Å²) in [6.07, 6.45) is 3.65. The van der Waals surface area contributed by atoms with Crippen LogP contribution < -0.4 is 5.32 Å². The highest BCUT2D eigenvalue weighted by Gasteiger charge is 2.12. The normalized spacial score (nSPS) is 12.4. The molecule has 0 amide bonds. The van der Waals surface area contributed by atoms with E-state index in [0.29, 0.717) is 0 Å². The highest BCUT2D eigenvalue weighted by atomic mass is 35.5. The number of hydrogen-bond donors (Lipinski definition) is 1. The zero-order valence-electron chi connectivity index (χ0n) is 9.94. The van der Waals surface area contributed by atoms with Crippen molar-refractivity contribution in [3.05, 3.63) is 64.4 Å². The maximum atomic E-state index is 6.16. The number of aryl methyl sites for hydroxylation is 1. The Hall–Kier alpha value is -1.38. The molecule has 1 heterocycles. The minimum atomic E-state index is 0.127. The van der Waals surface area contributed by atoms with E-state index in [1.54, 1.807) is 6.20 Å². The van der Waals surface area contributed by atoms with Gasteiger partial charge in [0.05, 0.1) is 6.04 Å². The van der Waals surface area contributed by atoms with Crippen molar-refractivity contribution in [3.8, 4) is 0 Å². The van der Waals surface area contributed by atoms with Crippen molar-refractivity contribution < 1.29 is 0 Å². The Kier molecular flexibility index (Phi) is 3.77. The number of benzene rings is 1. The van der Waals surface area contributed by atoms with Crippen LogP contribution >= 0.6 is 11.6 Å². The third-order valence-corrected chi connectivity index (χ3v) is 3.24. The van der Waals surface area contributed by atoms with Crippen molar-refractivity contribution in [1.29, 1.82) is 0 Å². The molecule has 0 bridgehead atoms. The van der Waals surface area contributed by atoms with Crippen LogP contribution in [0.2, 0.25) is 5.02 Å². The maximum absolute atomic E-state index is 6.16. The summed E-state index contributed by atoms with van der Waals surface area (Å²) in [5, 5.41) is 4.08. The van der Waals surface area contributed by atoms with E-state index in [1.165, 1.54) is 0 Å². The summed E-state index contributed by atoms with van der Waals surface area (Å²) >= 11 is 6.16. The van der Waals surface area contributed by atoms with Gasteiger partial charge < -0.3 is 5.32 Å². The first-order chi connectivity index (χ1) is 8.22. The highest BCUT2D eigenvalue weighted by molar-refractivity contribution is 6.31. The van der Waals surface area contributed by atoms with Crippen molar-refractivity contribution in [3.63, 3.8) is 0 Å². The summed E-state index contributed by atoms with van der Waals surface area (Å²) in [6, 6.07) is 10.3. The van der Waals surface area contributed by atoms with Crippen molar-refractivity contribution in [2.75, 3.05) is 7.05 Å². The lowest BCUT2D eigenvalue weighted by atomic mass is 9.99. The molecule has 0 saturated heterocycles. The van der Waals surface area contributed by atoms with Crippen molar-refractivity contribution in [2.24, 2.45) is 0 Å². The van der Waals surface area contributed by atoms with Gasteiger partial charge in [-0.3, -0.25) is 4.98 Å². The topological polar surface area (TPSA) is 24.9 Å². The highest BCUT2D eigenvalue weighted by Crippen LogP contribution is 2.25. The summed E-state index contributed by atoms with van der Waals surface area (Å²) < 4.78 is 0. The van der Waals surface area contributed by atoms with Crippen LogP contribution in [0.5, 0.6) is 0 Å². The Labute approximate surface area is 107 Å². The summed E-state index contributed by atoms with van der Waals surface area (Å²) in [7, 11) is 1.94. The summed E-state index contributed by atoms with van der Waals surface area (Å²) in [4.78, 5) is 4.15. The van der Waals surface area contributed by atoms with Gasteiger partial charge in [0.2, 0.25) is 0 Å². The molecule has 0 fully saturated rings. The molecule has 1 N–H and O–H groups in total. The van der Waals surface area contributed by atoms with E-state index in [9.17, 15) is 0 Å². The molecule has 2 nitrogen and oxygen atoms in total. The van der Waals surface area contributed by atoms with Crippen LogP contribution in [0.4, 0.5) is 0 Å². The molecule has 1 unspecified atom stereocenters. The second-order valence-corrected chi connectivity index (χ2v) is 4.42. The number of rotatable bonds is 3. The largest absolute Gasteiger partial charge is 0.309 e. The maximum Gasteiger partial charge on any atom is 0.0590 e. The molecule has 2 rings (SSSR count). The second-order valence-electron chi connectivity index (χ2n) is 4.02. The number of aromatic nitrogens is 1. The Balaban J connectivity index is 2.39. The Morgan fingerprint density at radius 2 is 2.06 bits per heavy atom. The average molecular weight is 247 g/mol. The minimum Gasteiger partial charge on any atom is -0.309 e. The average Bonchev–Trinajstić information content (AvgIpc) is 2.36. The van der Waals surface area contributed by atoms with Crippen LogP contribution in [0.1, 0.15) is 22.7 Å². The smallest absolute Gasteiger partial charge is 0.0590 e. The third-order valence-electron chi connectivity index (χ3n) is 2.84. The number of pyridine rings is 1. The molecule has 0 saturated carbocycles. The zero-order chi connectivity index (χ0) is 12.3. The third kappa shape index (κ3) is 2.65. The molecule has 0 aliphatic heterocycles. The SMILES string of the molecule is CNC(c1cccnc1)c1ccc(C)c(Cl)c1. The van der Waals surface area contributed by atoms with Gasteiger partial charge in [-0.2, -0.15) is 0 Å². The molecule has 1 atom stereocenters. The van der Waals surface area contributed by atoms with E-state index in [4.69, 9.17) is 11.6 Å². The van der Waals surface area contributed by atoms with Gasteiger partial charge in [-0.15, -0.1) is 0 Å². The summed E-state index contributed by atoms with van der Waals surface area (Å²) in [5.74, 6) is 0. The van der Waals surface area contributed by atoms with Gasteiger partial charge in [-0.05, 0) is 42.8 Å². The van der Waals surface area contributed by atoms with Crippen LogP contribution in [0.15, 0.2) is 42.7 Å². The fourth-order valence-electron chi connectivity index (χ4n) is 1.86. The minimum absolute atomic E-state index is 0.127. The molecular weight excluding hydrogens is 232 g/mol. The fourth-order valence-corrected chi connectivity index (χ4v) is 2.05. The molecule has 0 spiro atoms. The van der Waals surface area contributed by atoms with Crippen molar-refractivity contribution >= 4 is 11.6 Å². The van der Waals surface area contributed by atoms with Crippen molar-refractivity contribution in [1.82, 2.24) is 10.3 Å². The zero-order valence-corrected chi connectivity index (χ0v) is 10.7. The van der Waals surface area contributed by atoms with Gasteiger partial charge in [-0.25, -0.2) is 0 Å². The molecule has 88 valence electrons. The first-order valence-electron chi connectivity index (χ1n) is 5.55. The van der Waals surface area contributed by atoms with E-state index in [0.717, 1.165) is 21.7 Å². The van der Waals surface area contributed by atoms with E-state index >= 15 is 0 Å². The number of hydrogen-bond acceptors (Lipinski definition) is 2. The summed E-state index contributed by atoms with van der Waals surface area (Å²) in [5.41, 5.74) is 3.38. The van der Waals surface area contributed by atoms with Crippen LogP contribution in [0, 0.1) is 6.92 Å². The first-order valence-corrected chi connectivity index (χ1v) is 5.93. The van der Waals surface area contributed by atoms with E-state index < -0.39 is 0 Å². The molecule has 1 aromatic carbocycles. The van der Waals surface area contributed by atoms with E-state index in [2.05, 4.69) is 22.4 Å². The number of halogens is 1. The molecule has 0 aliphatic carbocycles. The molecule has 0 radical (unpaired) electrons. The Morgan fingerprint density at radius 1 is 1.24 bits per heavy atom. The van der Waals surface area contributed by atoms with Crippen LogP contribution in [0.25, 0.3) is 0 Å². The van der Waals surface area contributed by atoms with Crippen LogP contribution in [-0.2, 0) is 0 Å². The monoisotopic (exact) mass is 246 g/mol. The number of nitrogens with zero attached hydrogens (tertiary/aromatic N) is 1. The molecule has 17 heavy (non-hydrogen) atoms. The fraction of sp³-hybridized carbons (Fsp3) is 0.214. The van der Waals surface area contributed by atoms with Gasteiger partial charge in [0, 0.05) is 17.4 Å². The molecule has 1 aromatic heterocycles. The van der Waals surface area contributed by atoms with Gasteiger partial charge in [0.1, 0.15) is 0 Å². The van der Waals surface area contributed by atoms with Gasteiger partial charge in [0.15, 0.2) is 0 Å². The Morgan fingerprint density at radius 3 is 2.65 bits per heavy atom. The molecule has 0 aliphatic rings. The second kappa shape index (κ2) is 5.30. The van der Waals surface area contributed by atoms with Crippen LogP contribution in [0.3, 0.4) is 0 Å². The molecule has 2 aromatic rings. The van der Waals surface area contributed by atoms with E-state index in [1.807, 2.05) is 38.4 Å². The Bertz CT molecular complexity index is 497. The van der Waals surface area contributed by atoms with Gasteiger partial charge >= 0.3 is 0 Å². The number of nitrogens with one attached hydrogen (secondary N) is 1. The lowest BCUT2D eigenvalue weighted by Gasteiger charge is -2.17. The van der Waals surface area contributed by atoms with Crippen LogP contribution in [-0.4, -0.2) is 12.0 Å². The van der Waals surface area contributed by atoms with Crippen molar-refractivity contribution in [2.45, 2.75) is 13.0 Å². The lowest BCUT2D eigenvalue weighted by molar-refractivity contribution is 0.688. The predicted octanol–water partition coefficient (Wildman–Crippen LogP) is 3.35. The lowest BCUT2D eigenvalue weighted by Crippen LogP contribution is -2.17. The van der Waals surface area contributed by atoms with Gasteiger partial charge in [-0.1, -0.05) is 29.8 Å². The predicted molar refractivity (Wildman–Crippen MR) is 71.3 cm³/mol. The van der Waals surface area contributed by atoms with Gasteiger partial charge in [0.25, 0.3) is 0 Å². The molecule has 3 heteroatoms. The summed E-state index contributed by atoms with van der Waals surface area (Å²) in [6.45, 7) is 2.00. The first kappa shape index (κ1) is 12.1. The molecular formula is C14H15ClN2. The standard InChI is InChI=1S/C14H15ClN2/c1-10-5-6-11(8-13(10)15)14(16-2)12-4-3-7-17-9-12/h3-9,14,16H,1-2H3. The van der Waals surface area contributed by atoms with E-state index in [-0.39, 0.29) is 6.04 Å².